The quantitative estimate of drug-likeness (QED) is 0.515. The van der Waals surface area contributed by atoms with Crippen LogP contribution in [0.5, 0.6) is 0 Å². The van der Waals surface area contributed by atoms with E-state index in [0.717, 1.165) is 25.7 Å². The first-order valence-corrected chi connectivity index (χ1v) is 10.1. The second-order valence-electron chi connectivity index (χ2n) is 7.50. The average molecular weight is 455 g/mol. The fourth-order valence-corrected chi connectivity index (χ4v) is 3.68. The van der Waals surface area contributed by atoms with Crippen LogP contribution in [-0.4, -0.2) is 37.4 Å². The van der Waals surface area contributed by atoms with E-state index < -0.39 is 17.9 Å². The molecule has 2 N–H and O–H groups in total. The van der Waals surface area contributed by atoms with E-state index >= 15 is 0 Å². The van der Waals surface area contributed by atoms with E-state index in [1.54, 1.807) is 36.4 Å². The number of para-hydroxylation sites is 1. The van der Waals surface area contributed by atoms with E-state index in [4.69, 9.17) is 9.47 Å². The number of anilines is 2. The minimum Gasteiger partial charge on any atom is -0.548 e. The van der Waals surface area contributed by atoms with Crippen LogP contribution in [0.3, 0.4) is 0 Å². The Hall–Kier alpha value is -1.97. The number of benzene rings is 2. The molecule has 0 aliphatic heterocycles. The number of nitrogens with zero attached hydrogens (tertiary/aromatic N) is 1. The number of hydrogen-bond donors (Lipinski definition) is 0. The van der Waals surface area contributed by atoms with Gasteiger partial charge in [0, 0.05) is 6.61 Å². The zero-order chi connectivity index (χ0) is 21.3. The summed E-state index contributed by atoms with van der Waals surface area (Å²) < 4.78 is 24.4. The van der Waals surface area contributed by atoms with E-state index in [-0.39, 0.29) is 54.2 Å². The molecule has 0 unspecified atom stereocenters. The maximum Gasteiger partial charge on any atom is 1.00 e. The molecule has 1 aliphatic rings. The number of halogens is 1. The van der Waals surface area contributed by atoms with Gasteiger partial charge in [0.1, 0.15) is 5.82 Å². The van der Waals surface area contributed by atoms with Crippen LogP contribution < -0.4 is 39.6 Å². The van der Waals surface area contributed by atoms with Crippen molar-refractivity contribution in [3.8, 4) is 0 Å². The normalized spacial score (nSPS) is 17.4. The second kappa shape index (κ2) is 14.2. The van der Waals surface area contributed by atoms with Crippen LogP contribution in [0.2, 0.25) is 0 Å². The van der Waals surface area contributed by atoms with Crippen LogP contribution in [0.25, 0.3) is 0 Å². The Labute approximate surface area is 209 Å². The van der Waals surface area contributed by atoms with Crippen molar-refractivity contribution in [2.75, 3.05) is 24.7 Å². The van der Waals surface area contributed by atoms with Crippen molar-refractivity contribution in [3.05, 3.63) is 60.4 Å². The molecule has 0 saturated heterocycles. The maximum atomic E-state index is 13.7. The minimum absolute atomic E-state index is 0. The predicted octanol–water partition coefficient (Wildman–Crippen LogP) is -0.147. The van der Waals surface area contributed by atoms with Crippen molar-refractivity contribution in [2.45, 2.75) is 25.7 Å². The van der Waals surface area contributed by atoms with Crippen molar-refractivity contribution in [1.82, 2.24) is 0 Å². The SMILES string of the molecule is O.O=C([O-])COC[C@H]1CC[C@H](COC(=O)N(c2ccccc2)c2cccc(F)c2)CC1.[Na+]. The Morgan fingerprint density at radius 3 is 2.12 bits per heavy atom. The zero-order valence-corrected chi connectivity index (χ0v) is 20.2. The van der Waals surface area contributed by atoms with Crippen LogP contribution in [0.4, 0.5) is 20.6 Å². The Kier molecular flexibility index (Phi) is 12.5. The van der Waals surface area contributed by atoms with E-state index in [2.05, 4.69) is 0 Å². The summed E-state index contributed by atoms with van der Waals surface area (Å²) in [7, 11) is 0. The van der Waals surface area contributed by atoms with Gasteiger partial charge in [0.25, 0.3) is 0 Å². The number of carboxylic acids is 1. The summed E-state index contributed by atoms with van der Waals surface area (Å²) in [6, 6.07) is 14.8. The van der Waals surface area contributed by atoms with Crippen LogP contribution in [-0.2, 0) is 14.3 Å². The molecule has 32 heavy (non-hydrogen) atoms. The molecule has 9 heteroatoms. The van der Waals surface area contributed by atoms with Gasteiger partial charge in [-0.2, -0.15) is 0 Å². The first-order chi connectivity index (χ1) is 14.5. The number of aliphatic carboxylic acids is 1. The number of ether oxygens (including phenoxy) is 2. The summed E-state index contributed by atoms with van der Waals surface area (Å²) in [5, 5.41) is 10.4. The van der Waals surface area contributed by atoms with Crippen molar-refractivity contribution in [2.24, 2.45) is 11.8 Å². The fourth-order valence-electron chi connectivity index (χ4n) is 3.68. The summed E-state index contributed by atoms with van der Waals surface area (Å²) in [5.74, 6) is -1.10. The van der Waals surface area contributed by atoms with Crippen molar-refractivity contribution >= 4 is 23.4 Å². The Morgan fingerprint density at radius 1 is 0.938 bits per heavy atom. The molecule has 0 atom stereocenters. The van der Waals surface area contributed by atoms with Crippen LogP contribution in [0, 0.1) is 17.7 Å². The van der Waals surface area contributed by atoms with Gasteiger partial charge in [-0.05, 0) is 67.9 Å². The van der Waals surface area contributed by atoms with Gasteiger partial charge in [-0.1, -0.05) is 24.3 Å². The summed E-state index contributed by atoms with van der Waals surface area (Å²) >= 11 is 0. The van der Waals surface area contributed by atoms with Gasteiger partial charge in [-0.15, -0.1) is 0 Å². The first kappa shape index (κ1) is 28.1. The fraction of sp³-hybridized carbons (Fsp3) is 0.391. The molecule has 2 aromatic carbocycles. The molecular weight excluding hydrogens is 428 g/mol. The number of carbonyl (C=O) groups excluding carboxylic acids is 2. The van der Waals surface area contributed by atoms with Gasteiger partial charge < -0.3 is 24.9 Å². The minimum atomic E-state index is -1.21. The largest absolute Gasteiger partial charge is 1.00 e. The first-order valence-electron chi connectivity index (χ1n) is 10.1. The maximum absolute atomic E-state index is 13.7. The summed E-state index contributed by atoms with van der Waals surface area (Å²) in [6.07, 6.45) is 2.98. The number of rotatable bonds is 8. The van der Waals surface area contributed by atoms with E-state index in [1.807, 2.05) is 6.07 Å². The molecule has 0 bridgehead atoms. The van der Waals surface area contributed by atoms with Crippen LogP contribution in [0.1, 0.15) is 25.7 Å². The Morgan fingerprint density at radius 2 is 1.53 bits per heavy atom. The monoisotopic (exact) mass is 455 g/mol. The van der Waals surface area contributed by atoms with Gasteiger partial charge >= 0.3 is 35.7 Å². The van der Waals surface area contributed by atoms with E-state index in [1.165, 1.54) is 17.0 Å². The number of amides is 1. The molecule has 168 valence electrons. The molecular formula is C23H27FNNaO6. The predicted molar refractivity (Wildman–Crippen MR) is 111 cm³/mol. The Bertz CT molecular complexity index is 845. The van der Waals surface area contributed by atoms with E-state index in [9.17, 15) is 19.1 Å². The van der Waals surface area contributed by atoms with Gasteiger partial charge in [0.05, 0.1) is 30.6 Å². The van der Waals surface area contributed by atoms with Crippen molar-refractivity contribution in [1.29, 1.82) is 0 Å². The van der Waals surface area contributed by atoms with Crippen LogP contribution >= 0.6 is 0 Å². The van der Waals surface area contributed by atoms with E-state index in [0.29, 0.717) is 23.9 Å². The third-order valence-electron chi connectivity index (χ3n) is 5.25. The molecule has 0 aromatic heterocycles. The average Bonchev–Trinajstić information content (AvgIpc) is 2.74. The molecule has 7 nitrogen and oxygen atoms in total. The topological polar surface area (TPSA) is 110 Å². The Balaban J connectivity index is 0.00000256. The van der Waals surface area contributed by atoms with Gasteiger partial charge in [-0.3, -0.25) is 0 Å². The summed E-state index contributed by atoms with van der Waals surface area (Å²) in [4.78, 5) is 24.6. The molecule has 2 aromatic rings. The summed E-state index contributed by atoms with van der Waals surface area (Å²) in [6.45, 7) is 0.304. The molecule has 3 rings (SSSR count). The number of hydrogen-bond acceptors (Lipinski definition) is 5. The molecule has 1 fully saturated rings. The number of carbonyl (C=O) groups is 2. The molecule has 0 heterocycles. The molecule has 1 amide bonds. The van der Waals surface area contributed by atoms with Crippen LogP contribution in [0.15, 0.2) is 54.6 Å². The smallest absolute Gasteiger partial charge is 0.548 e. The second-order valence-corrected chi connectivity index (χ2v) is 7.50. The summed E-state index contributed by atoms with van der Waals surface area (Å²) in [5.41, 5.74) is 1.00. The van der Waals surface area contributed by atoms with Crippen molar-refractivity contribution in [3.63, 3.8) is 0 Å². The molecule has 0 spiro atoms. The standard InChI is InChI=1S/C23H26FNO5.Na.H2O/c24-19-5-4-8-21(13-19)25(20-6-2-1-3-7-20)23(28)30-15-18-11-9-17(10-12-18)14-29-16-22(26)27;;/h1-8,13,17-18H,9-12,14-16H2,(H,26,27);;1H2/q;+1;/p-1/t17-,18-;;. The van der Waals surface area contributed by atoms with Gasteiger partial charge in [0.2, 0.25) is 0 Å². The third kappa shape index (κ3) is 8.52. The van der Waals surface area contributed by atoms with Gasteiger partial charge in [-0.25, -0.2) is 14.1 Å². The van der Waals surface area contributed by atoms with Gasteiger partial charge in [0.15, 0.2) is 0 Å². The number of carboxylic acid groups (broad SMARTS) is 1. The third-order valence-corrected chi connectivity index (χ3v) is 5.25. The molecule has 1 aliphatic carbocycles. The molecule has 0 radical (unpaired) electrons. The van der Waals surface area contributed by atoms with Crippen molar-refractivity contribution < 1.29 is 63.6 Å². The zero-order valence-electron chi connectivity index (χ0n) is 18.2. The molecule has 1 saturated carbocycles.